The van der Waals surface area contributed by atoms with E-state index >= 15 is 0 Å². The third-order valence-corrected chi connectivity index (χ3v) is 3.34. The van der Waals surface area contributed by atoms with Crippen LogP contribution in [0.15, 0.2) is 36.4 Å². The number of alkyl halides is 1. The van der Waals surface area contributed by atoms with Gasteiger partial charge in [0.2, 0.25) is 0 Å². The van der Waals surface area contributed by atoms with Crippen LogP contribution in [0.1, 0.15) is 16.7 Å². The second kappa shape index (κ2) is 6.54. The maximum atomic E-state index is 13.3. The fraction of sp³-hybridized carbons (Fsp3) is 0.200. The molecule has 110 valence electrons. The van der Waals surface area contributed by atoms with Crippen molar-refractivity contribution in [2.45, 2.75) is 19.4 Å². The molecule has 0 aliphatic rings. The van der Waals surface area contributed by atoms with Gasteiger partial charge in [0, 0.05) is 11.6 Å². The topological polar surface area (TPSA) is 52.4 Å². The Hall–Kier alpha value is -2.14. The van der Waals surface area contributed by atoms with Crippen LogP contribution in [0.2, 0.25) is 0 Å². The highest BCUT2D eigenvalue weighted by molar-refractivity contribution is 6.17. The van der Waals surface area contributed by atoms with Gasteiger partial charge in [0.05, 0.1) is 16.4 Å². The van der Waals surface area contributed by atoms with Gasteiger partial charge < -0.3 is 4.74 Å². The molecule has 0 aliphatic carbocycles. The summed E-state index contributed by atoms with van der Waals surface area (Å²) in [5.41, 5.74) is 1.67. The Kier molecular flexibility index (Phi) is 4.75. The van der Waals surface area contributed by atoms with Gasteiger partial charge in [-0.15, -0.1) is 11.6 Å². The van der Waals surface area contributed by atoms with E-state index < -0.39 is 10.7 Å². The van der Waals surface area contributed by atoms with Crippen molar-refractivity contribution < 1.29 is 14.1 Å². The summed E-state index contributed by atoms with van der Waals surface area (Å²) in [6.45, 7) is 1.76. The molecule has 0 aromatic heterocycles. The number of rotatable bonds is 5. The molecule has 6 heteroatoms. The molecule has 0 spiro atoms. The minimum Gasteiger partial charge on any atom is -0.488 e. The number of aryl methyl sites for hydroxylation is 1. The minimum atomic E-state index is -0.557. The van der Waals surface area contributed by atoms with Crippen LogP contribution >= 0.6 is 11.6 Å². The Morgan fingerprint density at radius 2 is 2.05 bits per heavy atom. The van der Waals surface area contributed by atoms with Crippen molar-refractivity contribution in [2.24, 2.45) is 0 Å². The number of hydrogen-bond donors (Lipinski definition) is 0. The number of nitrogens with zero attached hydrogens (tertiary/aromatic N) is 1. The molecule has 0 unspecified atom stereocenters. The summed E-state index contributed by atoms with van der Waals surface area (Å²) >= 11 is 5.84. The van der Waals surface area contributed by atoms with E-state index in [1.54, 1.807) is 0 Å². The lowest BCUT2D eigenvalue weighted by Gasteiger charge is -2.13. The number of nitro benzene ring substituents is 1. The van der Waals surface area contributed by atoms with Gasteiger partial charge in [-0.3, -0.25) is 10.1 Å². The van der Waals surface area contributed by atoms with Crippen molar-refractivity contribution >= 4 is 17.3 Å². The van der Waals surface area contributed by atoms with Crippen LogP contribution in [-0.2, 0) is 12.5 Å². The predicted octanol–water partition coefficient (Wildman–Crippen LogP) is 4.36. The molecule has 0 bridgehead atoms. The van der Waals surface area contributed by atoms with Crippen LogP contribution in [0.4, 0.5) is 10.1 Å². The Labute approximate surface area is 126 Å². The number of hydrogen-bond acceptors (Lipinski definition) is 3. The monoisotopic (exact) mass is 309 g/mol. The molecule has 2 aromatic rings. The van der Waals surface area contributed by atoms with Gasteiger partial charge in [0.1, 0.15) is 18.2 Å². The molecule has 4 nitrogen and oxygen atoms in total. The first-order chi connectivity index (χ1) is 10.0. The third kappa shape index (κ3) is 3.49. The van der Waals surface area contributed by atoms with E-state index in [1.165, 1.54) is 0 Å². The number of para-hydroxylation sites is 1. The molecule has 0 saturated heterocycles. The van der Waals surface area contributed by atoms with Gasteiger partial charge >= 0.3 is 0 Å². The third-order valence-electron chi connectivity index (χ3n) is 3.05. The number of benzene rings is 2. The van der Waals surface area contributed by atoms with Crippen molar-refractivity contribution in [1.29, 1.82) is 0 Å². The van der Waals surface area contributed by atoms with Crippen molar-refractivity contribution in [3.63, 3.8) is 0 Å². The SMILES string of the molecule is Cc1cccc(CCl)c1OCc1cc(F)ccc1[N+](=O)[O-]. The zero-order valence-corrected chi connectivity index (χ0v) is 12.1. The quantitative estimate of drug-likeness (QED) is 0.468. The molecular weight excluding hydrogens is 297 g/mol. The summed E-state index contributed by atoms with van der Waals surface area (Å²) in [5.74, 6) is 0.301. The molecule has 0 amide bonds. The fourth-order valence-corrected chi connectivity index (χ4v) is 2.23. The first-order valence-electron chi connectivity index (χ1n) is 6.23. The van der Waals surface area contributed by atoms with Gasteiger partial charge in [-0.25, -0.2) is 4.39 Å². The van der Waals surface area contributed by atoms with E-state index in [2.05, 4.69) is 0 Å². The molecule has 0 atom stereocenters. The van der Waals surface area contributed by atoms with Crippen molar-refractivity contribution in [1.82, 2.24) is 0 Å². The fourth-order valence-electron chi connectivity index (χ4n) is 2.02. The first-order valence-corrected chi connectivity index (χ1v) is 6.76. The van der Waals surface area contributed by atoms with Crippen molar-refractivity contribution in [3.8, 4) is 5.75 Å². The predicted molar refractivity (Wildman–Crippen MR) is 78.1 cm³/mol. The second-order valence-electron chi connectivity index (χ2n) is 4.52. The van der Waals surface area contributed by atoms with Gasteiger partial charge in [0.15, 0.2) is 0 Å². The average molecular weight is 310 g/mol. The van der Waals surface area contributed by atoms with Crippen LogP contribution in [0, 0.1) is 22.9 Å². The zero-order valence-electron chi connectivity index (χ0n) is 11.3. The molecular formula is C15H13ClFNO3. The smallest absolute Gasteiger partial charge is 0.276 e. The standard InChI is InChI=1S/C15H13ClFNO3/c1-10-3-2-4-11(8-16)15(10)21-9-12-7-13(17)5-6-14(12)18(19)20/h2-7H,8-9H2,1H3. The second-order valence-corrected chi connectivity index (χ2v) is 4.78. The van der Waals surface area contributed by atoms with Crippen LogP contribution in [0.5, 0.6) is 5.75 Å². The highest BCUT2D eigenvalue weighted by atomic mass is 35.5. The van der Waals surface area contributed by atoms with Crippen molar-refractivity contribution in [3.05, 3.63) is 69.0 Å². The normalized spacial score (nSPS) is 10.4. The summed E-state index contributed by atoms with van der Waals surface area (Å²) in [5, 5.41) is 10.9. The summed E-state index contributed by atoms with van der Waals surface area (Å²) in [7, 11) is 0. The van der Waals surface area contributed by atoms with E-state index in [1.807, 2.05) is 25.1 Å². The van der Waals surface area contributed by atoms with E-state index in [9.17, 15) is 14.5 Å². The Morgan fingerprint density at radius 1 is 1.29 bits per heavy atom. The molecule has 0 aliphatic heterocycles. The summed E-state index contributed by atoms with van der Waals surface area (Å²) in [6.07, 6.45) is 0. The lowest BCUT2D eigenvalue weighted by molar-refractivity contribution is -0.385. The van der Waals surface area contributed by atoms with Gasteiger partial charge in [-0.2, -0.15) is 0 Å². The summed E-state index contributed by atoms with van der Waals surface area (Å²) < 4.78 is 18.9. The molecule has 0 saturated carbocycles. The number of halogens is 2. The van der Waals surface area contributed by atoms with E-state index in [-0.39, 0.29) is 23.7 Å². The zero-order chi connectivity index (χ0) is 15.4. The summed E-state index contributed by atoms with van der Waals surface area (Å²) in [6, 6.07) is 8.82. The van der Waals surface area contributed by atoms with E-state index in [0.29, 0.717) is 5.75 Å². The van der Waals surface area contributed by atoms with Crippen LogP contribution < -0.4 is 4.74 Å². The maximum Gasteiger partial charge on any atom is 0.276 e. The first kappa shape index (κ1) is 15.3. The lowest BCUT2D eigenvalue weighted by Crippen LogP contribution is -2.03. The maximum absolute atomic E-state index is 13.3. The molecule has 21 heavy (non-hydrogen) atoms. The minimum absolute atomic E-state index is 0.0944. The highest BCUT2D eigenvalue weighted by Crippen LogP contribution is 2.27. The average Bonchev–Trinajstić information content (AvgIpc) is 2.45. The molecule has 0 fully saturated rings. The largest absolute Gasteiger partial charge is 0.488 e. The van der Waals surface area contributed by atoms with Gasteiger partial charge in [-0.1, -0.05) is 18.2 Å². The van der Waals surface area contributed by atoms with Crippen LogP contribution in [0.25, 0.3) is 0 Å². The molecule has 0 radical (unpaired) electrons. The molecule has 0 heterocycles. The Bertz CT molecular complexity index is 676. The van der Waals surface area contributed by atoms with E-state index in [0.717, 1.165) is 29.3 Å². The lowest BCUT2D eigenvalue weighted by atomic mass is 10.1. The molecule has 0 N–H and O–H groups in total. The Balaban J connectivity index is 2.28. The summed E-state index contributed by atoms with van der Waals surface area (Å²) in [4.78, 5) is 10.4. The van der Waals surface area contributed by atoms with Crippen LogP contribution in [0.3, 0.4) is 0 Å². The van der Waals surface area contributed by atoms with Gasteiger partial charge in [-0.05, 0) is 24.6 Å². The van der Waals surface area contributed by atoms with Crippen LogP contribution in [-0.4, -0.2) is 4.92 Å². The number of nitro groups is 1. The van der Waals surface area contributed by atoms with Gasteiger partial charge in [0.25, 0.3) is 5.69 Å². The highest BCUT2D eigenvalue weighted by Gasteiger charge is 2.16. The van der Waals surface area contributed by atoms with E-state index in [4.69, 9.17) is 16.3 Å². The molecule has 2 rings (SSSR count). The van der Waals surface area contributed by atoms with Crippen molar-refractivity contribution in [2.75, 3.05) is 0 Å². The number of ether oxygens (including phenoxy) is 1. The molecule has 2 aromatic carbocycles. The Morgan fingerprint density at radius 3 is 2.71 bits per heavy atom.